The molecule has 4 rings (SSSR count). The van der Waals surface area contributed by atoms with Crippen LogP contribution in [0.3, 0.4) is 0 Å². The third-order valence-corrected chi connectivity index (χ3v) is 7.60. The van der Waals surface area contributed by atoms with Gasteiger partial charge in [0.15, 0.2) is 5.82 Å². The number of piperidine rings is 1. The van der Waals surface area contributed by atoms with Crippen LogP contribution in [0.25, 0.3) is 5.57 Å². The van der Waals surface area contributed by atoms with Crippen LogP contribution in [0.5, 0.6) is 11.5 Å². The molecule has 0 aromatic heterocycles. The van der Waals surface area contributed by atoms with E-state index in [2.05, 4.69) is 14.3 Å². The van der Waals surface area contributed by atoms with Gasteiger partial charge in [0.25, 0.3) is 10.2 Å². The number of aliphatic hydroxyl groups excluding tert-OH is 1. The Balaban J connectivity index is 1.73. The van der Waals surface area contributed by atoms with E-state index in [1.54, 1.807) is 44.4 Å². The lowest BCUT2D eigenvalue weighted by Gasteiger charge is -2.33. The smallest absolute Gasteiger partial charge is 0.414 e. The van der Waals surface area contributed by atoms with Crippen LogP contribution in [0.1, 0.15) is 30.4 Å². The molecule has 0 bridgehead atoms. The number of ether oxygens (including phenoxy) is 2. The molecular weight excluding hydrogens is 515 g/mol. The zero-order chi connectivity index (χ0) is 27.4. The Kier molecular flexibility index (Phi) is 8.56. The van der Waals surface area contributed by atoms with Crippen LogP contribution in [0, 0.1) is 5.82 Å². The largest absolute Gasteiger partial charge is 0.460 e. The first kappa shape index (κ1) is 27.8. The monoisotopic (exact) mass is 548 g/mol. The maximum Gasteiger partial charge on any atom is 0.414 e. The molecule has 0 spiro atoms. The highest BCUT2D eigenvalue weighted by atomic mass is 32.2. The highest BCUT2D eigenvalue weighted by molar-refractivity contribution is 7.90. The van der Waals surface area contributed by atoms with Gasteiger partial charge in [0.2, 0.25) is 6.29 Å². The summed E-state index contributed by atoms with van der Waals surface area (Å²) in [4.78, 5) is 15.6. The first-order chi connectivity index (χ1) is 18.1. The summed E-state index contributed by atoms with van der Waals surface area (Å²) in [5.41, 5.74) is 2.00. The second-order valence-corrected chi connectivity index (χ2v) is 11.1. The van der Waals surface area contributed by atoms with Gasteiger partial charge in [0, 0.05) is 51.3 Å². The van der Waals surface area contributed by atoms with Crippen LogP contribution in [0.15, 0.2) is 42.0 Å². The van der Waals surface area contributed by atoms with Gasteiger partial charge in [-0.15, -0.1) is 0 Å². The number of nitrogens with zero attached hydrogens (tertiary/aromatic N) is 2. The van der Waals surface area contributed by atoms with Crippen LogP contribution in [-0.4, -0.2) is 76.5 Å². The lowest BCUT2D eigenvalue weighted by atomic mass is 9.90. The average molecular weight is 549 g/mol. The fourth-order valence-electron chi connectivity index (χ4n) is 4.54. The standard InChI is InChI=1S/C26H33FN4O6S/c1-28-38(34,35)29-22-9-7-8-17(24(22)27)14-20-21(16-31-12-5-4-6-13-31)19-11-10-18(36-26(33)30(2)3)15-23(19)37-25(20)32/h7-11,15,25,28-29,32H,4-6,12-14,16H2,1-3H3. The van der Waals surface area contributed by atoms with E-state index in [1.807, 2.05) is 0 Å². The minimum Gasteiger partial charge on any atom is -0.460 e. The molecule has 10 nitrogen and oxygen atoms in total. The van der Waals surface area contributed by atoms with E-state index in [1.165, 1.54) is 18.0 Å². The van der Waals surface area contributed by atoms with Crippen molar-refractivity contribution in [3.63, 3.8) is 0 Å². The number of rotatable bonds is 8. The van der Waals surface area contributed by atoms with Crippen molar-refractivity contribution in [2.24, 2.45) is 0 Å². The molecule has 2 heterocycles. The molecule has 38 heavy (non-hydrogen) atoms. The SMILES string of the molecule is CNS(=O)(=O)Nc1cccc(CC2=C(CN3CCCCC3)c3ccc(OC(=O)N(C)C)cc3OC2O)c1F. The second-order valence-electron chi connectivity index (χ2n) is 9.50. The number of nitrogens with one attached hydrogen (secondary N) is 2. The second kappa shape index (κ2) is 11.7. The summed E-state index contributed by atoms with van der Waals surface area (Å²) >= 11 is 0. The molecule has 1 unspecified atom stereocenters. The average Bonchev–Trinajstić information content (AvgIpc) is 2.88. The number of hydrogen-bond donors (Lipinski definition) is 3. The van der Waals surface area contributed by atoms with Gasteiger partial charge in [-0.05, 0) is 55.3 Å². The number of carbonyl (C=O) groups excluding carboxylic acids is 1. The van der Waals surface area contributed by atoms with Crippen LogP contribution in [-0.2, 0) is 16.6 Å². The zero-order valence-electron chi connectivity index (χ0n) is 21.7. The van der Waals surface area contributed by atoms with Crippen LogP contribution in [0.2, 0.25) is 0 Å². The summed E-state index contributed by atoms with van der Waals surface area (Å²) in [6.07, 6.45) is 1.37. The van der Waals surface area contributed by atoms with Crippen molar-refractivity contribution in [2.45, 2.75) is 32.0 Å². The van der Waals surface area contributed by atoms with Gasteiger partial charge >= 0.3 is 6.09 Å². The molecule has 2 aliphatic rings. The maximum atomic E-state index is 15.4. The Morgan fingerprint density at radius 2 is 1.95 bits per heavy atom. The van der Waals surface area contributed by atoms with Crippen molar-refractivity contribution < 1.29 is 32.2 Å². The molecule has 0 aliphatic carbocycles. The van der Waals surface area contributed by atoms with E-state index in [9.17, 15) is 18.3 Å². The first-order valence-electron chi connectivity index (χ1n) is 12.4. The topological polar surface area (TPSA) is 120 Å². The van der Waals surface area contributed by atoms with E-state index < -0.39 is 28.4 Å². The third kappa shape index (κ3) is 6.44. The van der Waals surface area contributed by atoms with Gasteiger partial charge in [0.1, 0.15) is 11.5 Å². The third-order valence-electron chi connectivity index (χ3n) is 6.58. The maximum absolute atomic E-state index is 15.4. The number of halogens is 1. The first-order valence-corrected chi connectivity index (χ1v) is 13.9. The summed E-state index contributed by atoms with van der Waals surface area (Å²) in [7, 11) is 0.456. The molecule has 1 amide bonds. The normalized spacial score (nSPS) is 18.0. The number of benzene rings is 2. The predicted octanol–water partition coefficient (Wildman–Crippen LogP) is 2.96. The molecule has 1 saturated heterocycles. The highest BCUT2D eigenvalue weighted by Crippen LogP contribution is 2.40. The minimum atomic E-state index is -3.92. The van der Waals surface area contributed by atoms with Gasteiger partial charge in [-0.1, -0.05) is 18.6 Å². The lowest BCUT2D eigenvalue weighted by Crippen LogP contribution is -2.34. The molecule has 2 aromatic rings. The predicted molar refractivity (Wildman–Crippen MR) is 142 cm³/mol. The molecule has 1 fully saturated rings. The summed E-state index contributed by atoms with van der Waals surface area (Å²) in [5, 5.41) is 11.1. The van der Waals surface area contributed by atoms with Gasteiger partial charge in [0.05, 0.1) is 5.69 Å². The van der Waals surface area contributed by atoms with Crippen molar-refractivity contribution in [2.75, 3.05) is 45.5 Å². The van der Waals surface area contributed by atoms with Crippen molar-refractivity contribution in [3.05, 3.63) is 58.9 Å². The van der Waals surface area contributed by atoms with Crippen LogP contribution >= 0.6 is 0 Å². The number of aliphatic hydroxyl groups is 1. The Morgan fingerprint density at radius 3 is 2.63 bits per heavy atom. The van der Waals surface area contributed by atoms with E-state index in [4.69, 9.17) is 9.47 Å². The number of hydrogen-bond acceptors (Lipinski definition) is 7. The fourth-order valence-corrected chi connectivity index (χ4v) is 5.09. The molecule has 0 saturated carbocycles. The molecular formula is C26H33FN4O6S. The summed E-state index contributed by atoms with van der Waals surface area (Å²) in [6.45, 7) is 2.32. The quantitative estimate of drug-likeness (QED) is 0.464. The summed E-state index contributed by atoms with van der Waals surface area (Å²) < 4.78 is 54.7. The van der Waals surface area contributed by atoms with E-state index in [-0.39, 0.29) is 23.4 Å². The van der Waals surface area contributed by atoms with E-state index in [0.717, 1.165) is 37.9 Å². The molecule has 1 atom stereocenters. The lowest BCUT2D eigenvalue weighted by molar-refractivity contribution is 0.00979. The molecule has 2 aliphatic heterocycles. The molecule has 2 aromatic carbocycles. The molecule has 206 valence electrons. The van der Waals surface area contributed by atoms with E-state index in [0.29, 0.717) is 23.4 Å². The number of amides is 1. The Bertz CT molecular complexity index is 1330. The number of likely N-dealkylation sites (tertiary alicyclic amines) is 1. The summed E-state index contributed by atoms with van der Waals surface area (Å²) in [5.74, 6) is -0.112. The number of carbonyl (C=O) groups is 1. The van der Waals surface area contributed by atoms with Crippen molar-refractivity contribution in [1.29, 1.82) is 0 Å². The fraction of sp³-hybridized carbons (Fsp3) is 0.423. The van der Waals surface area contributed by atoms with Gasteiger partial charge in [-0.25, -0.2) is 13.9 Å². The highest BCUT2D eigenvalue weighted by Gasteiger charge is 2.30. The molecule has 12 heteroatoms. The van der Waals surface area contributed by atoms with Crippen molar-refractivity contribution >= 4 is 27.6 Å². The summed E-state index contributed by atoms with van der Waals surface area (Å²) in [6, 6.07) is 9.41. The van der Waals surface area contributed by atoms with Gasteiger partial charge < -0.3 is 19.5 Å². The minimum absolute atomic E-state index is 0.00208. The van der Waals surface area contributed by atoms with Crippen LogP contribution < -0.4 is 18.9 Å². The van der Waals surface area contributed by atoms with Gasteiger partial charge in [-0.3, -0.25) is 9.62 Å². The zero-order valence-corrected chi connectivity index (χ0v) is 22.5. The van der Waals surface area contributed by atoms with E-state index >= 15 is 4.39 Å². The Hall–Kier alpha value is -3.19. The Morgan fingerprint density at radius 1 is 1.21 bits per heavy atom. The van der Waals surface area contributed by atoms with Crippen LogP contribution in [0.4, 0.5) is 14.9 Å². The molecule has 3 N–H and O–H groups in total. The Labute approximate surface area is 222 Å². The van der Waals surface area contributed by atoms with Gasteiger partial charge in [-0.2, -0.15) is 8.42 Å². The van der Waals surface area contributed by atoms with Crippen molar-refractivity contribution in [3.8, 4) is 11.5 Å². The number of fused-ring (bicyclic) bond motifs is 1. The number of anilines is 1. The molecule has 0 radical (unpaired) electrons. The van der Waals surface area contributed by atoms with Crippen molar-refractivity contribution in [1.82, 2.24) is 14.5 Å².